The molecule has 2 aliphatic heterocycles. The minimum absolute atomic E-state index is 0.0435. The molecule has 2 amide bonds. The maximum absolute atomic E-state index is 14.3. The highest BCUT2D eigenvalue weighted by Gasteiger charge is 2.48. The number of likely N-dealkylation sites (tertiary alicyclic amines) is 1. The molecule has 3 aromatic rings. The fourth-order valence-electron chi connectivity index (χ4n) is 6.78. The molecule has 3 aromatic carbocycles. The fourth-order valence-corrected chi connectivity index (χ4v) is 6.78. The summed E-state index contributed by atoms with van der Waals surface area (Å²) in [6.45, 7) is 2.87. The predicted octanol–water partition coefficient (Wildman–Crippen LogP) is 6.04. The van der Waals surface area contributed by atoms with Crippen molar-refractivity contribution in [2.75, 3.05) is 11.9 Å². The van der Waals surface area contributed by atoms with Gasteiger partial charge in [-0.3, -0.25) is 9.59 Å². The van der Waals surface area contributed by atoms with Gasteiger partial charge in [-0.05, 0) is 61.1 Å². The molecule has 2 N–H and O–H groups in total. The number of nitrogens with one attached hydrogen (secondary N) is 2. The van der Waals surface area contributed by atoms with Crippen LogP contribution < -0.4 is 10.6 Å². The molecule has 0 bridgehead atoms. The Balaban J connectivity index is 1.29. The van der Waals surface area contributed by atoms with E-state index in [1.165, 1.54) is 16.7 Å². The molecule has 2 heterocycles. The van der Waals surface area contributed by atoms with Crippen molar-refractivity contribution in [3.05, 3.63) is 101 Å². The molecule has 3 aliphatic rings. The van der Waals surface area contributed by atoms with E-state index in [1.807, 2.05) is 30.3 Å². The van der Waals surface area contributed by atoms with E-state index >= 15 is 0 Å². The zero-order chi connectivity index (χ0) is 25.4. The maximum Gasteiger partial charge on any atom is 0.251 e. The lowest BCUT2D eigenvalue weighted by molar-refractivity contribution is -0.138. The van der Waals surface area contributed by atoms with E-state index in [4.69, 9.17) is 0 Å². The molecule has 5 nitrogen and oxygen atoms in total. The van der Waals surface area contributed by atoms with Gasteiger partial charge in [-0.15, -0.1) is 0 Å². The van der Waals surface area contributed by atoms with Crippen LogP contribution in [0, 0.1) is 18.8 Å². The number of rotatable bonds is 4. The topological polar surface area (TPSA) is 61.4 Å². The Morgan fingerprint density at radius 3 is 2.41 bits per heavy atom. The van der Waals surface area contributed by atoms with Crippen LogP contribution in [0.3, 0.4) is 0 Å². The standard InChI is InChI=1S/C32H35N3O2/c1-21-16-17-24-28(20-21)33-29(22-10-4-2-5-11-22)26-18-19-35(30(24)26)32(37)25-14-8-9-15-27(25)34-31(36)23-12-6-3-7-13-23/h2-7,10-13,16-17,20,25-27,29-30,33H,8-9,14-15,18-19H2,1H3,(H,34,36)/t25-,26-,27+,29+,30+/m0/s1. The zero-order valence-corrected chi connectivity index (χ0v) is 21.4. The number of hydrogen-bond donors (Lipinski definition) is 2. The second-order valence-corrected chi connectivity index (χ2v) is 10.9. The SMILES string of the molecule is Cc1ccc2c(c1)N[C@H](c1ccccc1)[C@@H]1CCN(C(=O)[C@H]3CCCC[C@H]3NC(=O)c3ccccc3)[C@H]21. The van der Waals surface area contributed by atoms with Crippen molar-refractivity contribution in [3.63, 3.8) is 0 Å². The van der Waals surface area contributed by atoms with E-state index in [-0.39, 0.29) is 35.9 Å². The smallest absolute Gasteiger partial charge is 0.251 e. The summed E-state index contributed by atoms with van der Waals surface area (Å²) in [4.78, 5) is 29.4. The van der Waals surface area contributed by atoms with E-state index in [1.54, 1.807) is 0 Å². The lowest BCUT2D eigenvalue weighted by Crippen LogP contribution is -2.50. The first-order valence-electron chi connectivity index (χ1n) is 13.7. The summed E-state index contributed by atoms with van der Waals surface area (Å²) in [7, 11) is 0. The summed E-state index contributed by atoms with van der Waals surface area (Å²) in [5, 5.41) is 7.05. The van der Waals surface area contributed by atoms with E-state index < -0.39 is 0 Å². The highest BCUT2D eigenvalue weighted by Crippen LogP contribution is 2.52. The Bertz CT molecular complexity index is 1280. The minimum atomic E-state index is -0.181. The van der Waals surface area contributed by atoms with Crippen LogP contribution >= 0.6 is 0 Å². The quantitative estimate of drug-likeness (QED) is 0.466. The number of aryl methyl sites for hydroxylation is 1. The molecule has 0 spiro atoms. The largest absolute Gasteiger partial charge is 0.378 e. The Morgan fingerprint density at radius 1 is 0.892 bits per heavy atom. The van der Waals surface area contributed by atoms with Crippen LogP contribution in [0.1, 0.15) is 71.2 Å². The number of fused-ring (bicyclic) bond motifs is 3. The van der Waals surface area contributed by atoms with E-state index in [2.05, 4.69) is 71.0 Å². The highest BCUT2D eigenvalue weighted by molar-refractivity contribution is 5.95. The van der Waals surface area contributed by atoms with Crippen molar-refractivity contribution in [2.24, 2.45) is 11.8 Å². The Morgan fingerprint density at radius 2 is 1.62 bits per heavy atom. The van der Waals surface area contributed by atoms with Crippen LogP contribution in [0.15, 0.2) is 78.9 Å². The molecule has 1 saturated carbocycles. The summed E-state index contributed by atoms with van der Waals surface area (Å²) in [6.07, 6.45) is 4.70. The van der Waals surface area contributed by atoms with Crippen LogP contribution in [0.5, 0.6) is 0 Å². The van der Waals surface area contributed by atoms with Crippen molar-refractivity contribution in [1.29, 1.82) is 0 Å². The number of carbonyl (C=O) groups excluding carboxylic acids is 2. The summed E-state index contributed by atoms with van der Waals surface area (Å²) in [5.74, 6) is 0.240. The molecule has 190 valence electrons. The van der Waals surface area contributed by atoms with Gasteiger partial charge in [0.1, 0.15) is 0 Å². The molecule has 6 rings (SSSR count). The maximum atomic E-state index is 14.3. The average Bonchev–Trinajstić information content (AvgIpc) is 3.39. The average molecular weight is 494 g/mol. The molecule has 2 fully saturated rings. The second kappa shape index (κ2) is 10.0. The van der Waals surface area contributed by atoms with Gasteiger partial charge in [-0.2, -0.15) is 0 Å². The molecule has 1 saturated heterocycles. The number of carbonyl (C=O) groups is 2. The third kappa shape index (κ3) is 4.52. The molecule has 1 aliphatic carbocycles. The van der Waals surface area contributed by atoms with Crippen LogP contribution in [-0.4, -0.2) is 29.3 Å². The molecule has 5 heteroatoms. The molecular weight excluding hydrogens is 458 g/mol. The number of benzene rings is 3. The molecular formula is C32H35N3O2. The van der Waals surface area contributed by atoms with Gasteiger partial charge < -0.3 is 15.5 Å². The van der Waals surface area contributed by atoms with Crippen LogP contribution in [-0.2, 0) is 4.79 Å². The number of nitrogens with zero attached hydrogens (tertiary/aromatic N) is 1. The third-order valence-corrected chi connectivity index (χ3v) is 8.59. The van der Waals surface area contributed by atoms with Gasteiger partial charge in [-0.1, -0.05) is 73.5 Å². The monoisotopic (exact) mass is 493 g/mol. The number of amides is 2. The van der Waals surface area contributed by atoms with Crippen LogP contribution in [0.25, 0.3) is 0 Å². The summed E-state index contributed by atoms with van der Waals surface area (Å²) >= 11 is 0. The van der Waals surface area contributed by atoms with Crippen LogP contribution in [0.4, 0.5) is 5.69 Å². The molecule has 0 aromatic heterocycles. The number of hydrogen-bond acceptors (Lipinski definition) is 3. The van der Waals surface area contributed by atoms with Gasteiger partial charge in [0.15, 0.2) is 0 Å². The van der Waals surface area contributed by atoms with Crippen molar-refractivity contribution < 1.29 is 9.59 Å². The first kappa shape index (κ1) is 23.8. The Kier molecular flexibility index (Phi) is 6.45. The van der Waals surface area contributed by atoms with Gasteiger partial charge in [0.25, 0.3) is 5.91 Å². The van der Waals surface area contributed by atoms with Crippen molar-refractivity contribution in [3.8, 4) is 0 Å². The molecule has 5 atom stereocenters. The van der Waals surface area contributed by atoms with Gasteiger partial charge in [0.2, 0.25) is 5.91 Å². The van der Waals surface area contributed by atoms with Crippen molar-refractivity contribution in [2.45, 2.75) is 57.2 Å². The minimum Gasteiger partial charge on any atom is -0.378 e. The van der Waals surface area contributed by atoms with Crippen molar-refractivity contribution >= 4 is 17.5 Å². The van der Waals surface area contributed by atoms with Crippen LogP contribution in [0.2, 0.25) is 0 Å². The molecule has 0 radical (unpaired) electrons. The third-order valence-electron chi connectivity index (χ3n) is 8.59. The second-order valence-electron chi connectivity index (χ2n) is 10.9. The Labute approximate surface area is 219 Å². The number of anilines is 1. The van der Waals surface area contributed by atoms with E-state index in [9.17, 15) is 9.59 Å². The highest BCUT2D eigenvalue weighted by atomic mass is 16.2. The summed E-state index contributed by atoms with van der Waals surface area (Å²) in [5.41, 5.74) is 5.48. The fraction of sp³-hybridized carbons (Fsp3) is 0.375. The van der Waals surface area contributed by atoms with Gasteiger partial charge >= 0.3 is 0 Å². The van der Waals surface area contributed by atoms with Gasteiger partial charge in [-0.25, -0.2) is 0 Å². The van der Waals surface area contributed by atoms with E-state index in [0.29, 0.717) is 11.5 Å². The normalized spacial score (nSPS) is 26.5. The lowest BCUT2D eigenvalue weighted by atomic mass is 9.79. The first-order valence-corrected chi connectivity index (χ1v) is 13.7. The Hall–Kier alpha value is -3.60. The van der Waals surface area contributed by atoms with Gasteiger partial charge in [0.05, 0.1) is 18.0 Å². The zero-order valence-electron chi connectivity index (χ0n) is 21.4. The molecule has 0 unspecified atom stereocenters. The lowest BCUT2D eigenvalue weighted by Gasteiger charge is -2.42. The predicted molar refractivity (Wildman–Crippen MR) is 146 cm³/mol. The first-order chi connectivity index (χ1) is 18.1. The van der Waals surface area contributed by atoms with Gasteiger partial charge in [0, 0.05) is 29.8 Å². The molecule has 37 heavy (non-hydrogen) atoms. The van der Waals surface area contributed by atoms with Crippen molar-refractivity contribution in [1.82, 2.24) is 10.2 Å². The summed E-state index contributed by atoms with van der Waals surface area (Å²) < 4.78 is 0. The van der Waals surface area contributed by atoms with E-state index in [0.717, 1.165) is 44.3 Å². The summed E-state index contributed by atoms with van der Waals surface area (Å²) in [6, 6.07) is 26.6.